The quantitative estimate of drug-likeness (QED) is 0.571. The summed E-state index contributed by atoms with van der Waals surface area (Å²) in [5.41, 5.74) is -5.00. The van der Waals surface area contributed by atoms with Crippen molar-refractivity contribution in [2.45, 2.75) is 11.8 Å². The van der Waals surface area contributed by atoms with Gasteiger partial charge in [-0.2, -0.15) is 22.0 Å². The van der Waals surface area contributed by atoms with Crippen LogP contribution >= 0.6 is 7.92 Å². The molecule has 0 radical (unpaired) electrons. The molecule has 0 nitrogen and oxygen atoms in total. The fourth-order valence-corrected chi connectivity index (χ4v) is 2.52. The Bertz CT molecular complexity index is 334. The van der Waals surface area contributed by atoms with E-state index in [2.05, 4.69) is 0 Å². The molecule has 0 aliphatic rings. The van der Waals surface area contributed by atoms with Gasteiger partial charge in [0.05, 0.1) is 0 Å². The lowest BCUT2D eigenvalue weighted by Gasteiger charge is -2.27. The molecule has 0 bridgehead atoms. The lowest BCUT2D eigenvalue weighted by atomic mass is 10.4. The number of alkyl halides is 6. The Balaban J connectivity index is 3.09. The minimum atomic E-state index is -5.72. The molecular weight excluding hydrogens is 253 g/mol. The molecule has 1 rings (SSSR count). The van der Waals surface area contributed by atoms with E-state index < -0.39 is 26.2 Å². The van der Waals surface area contributed by atoms with Crippen LogP contribution < -0.4 is 5.30 Å². The number of hydrogen-bond donors (Lipinski definition) is 0. The summed E-state index contributed by atoms with van der Waals surface area (Å²) in [6.07, 6.45) is -7.42. The molecule has 7 heteroatoms. The van der Waals surface area contributed by atoms with E-state index in [0.717, 1.165) is 12.1 Å². The monoisotopic (exact) mass is 260 g/mol. The highest BCUT2D eigenvalue weighted by atomic mass is 31.1. The molecule has 16 heavy (non-hydrogen) atoms. The Morgan fingerprint density at radius 3 is 1.81 bits per heavy atom. The molecule has 0 saturated heterocycles. The Labute approximate surface area is 89.0 Å². The minimum absolute atomic E-state index is 0.303. The molecule has 0 heterocycles. The van der Waals surface area contributed by atoms with E-state index in [1.807, 2.05) is 0 Å². The molecule has 90 valence electrons. The molecule has 0 saturated carbocycles. The van der Waals surface area contributed by atoms with E-state index in [1.165, 1.54) is 18.2 Å². The van der Waals surface area contributed by atoms with E-state index in [-0.39, 0.29) is 5.30 Å². The summed E-state index contributed by atoms with van der Waals surface area (Å²) in [7, 11) is -3.21. The third kappa shape index (κ3) is 2.48. The first-order valence-electron chi connectivity index (χ1n) is 4.14. The fourth-order valence-electron chi connectivity index (χ4n) is 1.07. The highest BCUT2D eigenvalue weighted by Crippen LogP contribution is 2.58. The van der Waals surface area contributed by atoms with E-state index >= 15 is 0 Å². The Kier molecular flexibility index (Phi) is 3.84. The molecular formula is C9H7F6P. The minimum Gasteiger partial charge on any atom is -0.246 e. The van der Waals surface area contributed by atoms with Crippen LogP contribution in [-0.4, -0.2) is 18.3 Å². The second-order valence-corrected chi connectivity index (χ2v) is 5.10. The van der Waals surface area contributed by atoms with Crippen molar-refractivity contribution in [3.05, 3.63) is 30.3 Å². The molecule has 0 N–H and O–H groups in total. The summed E-state index contributed by atoms with van der Waals surface area (Å²) >= 11 is 0. The molecule has 1 atom stereocenters. The van der Waals surface area contributed by atoms with Crippen LogP contribution in [0.2, 0.25) is 0 Å². The standard InChI is InChI=1S/C9H7F6P/c10-6-16(7-4-2-1-3-5-7)9(14,15)8(11,12)13/h1-5H,6H2. The summed E-state index contributed by atoms with van der Waals surface area (Å²) in [6.45, 7) is 0. The van der Waals surface area contributed by atoms with Crippen molar-refractivity contribution >= 4 is 13.2 Å². The molecule has 0 spiro atoms. The third-order valence-electron chi connectivity index (χ3n) is 1.87. The molecule has 0 amide bonds. The van der Waals surface area contributed by atoms with Gasteiger partial charge in [-0.3, -0.25) is 0 Å². The van der Waals surface area contributed by atoms with Crippen LogP contribution in [0.5, 0.6) is 0 Å². The maximum Gasteiger partial charge on any atom is 0.457 e. The van der Waals surface area contributed by atoms with Crippen molar-refractivity contribution in [2.75, 3.05) is 6.42 Å². The summed E-state index contributed by atoms with van der Waals surface area (Å²) < 4.78 is 74.5. The second-order valence-electron chi connectivity index (χ2n) is 2.92. The number of benzene rings is 1. The first-order valence-corrected chi connectivity index (χ1v) is 5.66. The predicted octanol–water partition coefficient (Wildman–Crippen LogP) is 3.88. The second kappa shape index (κ2) is 4.62. The molecule has 1 aromatic carbocycles. The van der Waals surface area contributed by atoms with Crippen molar-refractivity contribution in [2.24, 2.45) is 0 Å². The van der Waals surface area contributed by atoms with Crippen molar-refractivity contribution in [3.8, 4) is 0 Å². The van der Waals surface area contributed by atoms with Gasteiger partial charge in [-0.05, 0) is 5.30 Å². The number of halogens is 6. The molecule has 0 aromatic heterocycles. The van der Waals surface area contributed by atoms with Gasteiger partial charge >= 0.3 is 11.8 Å². The van der Waals surface area contributed by atoms with Gasteiger partial charge in [0.2, 0.25) is 0 Å². The normalized spacial score (nSPS) is 14.9. The molecule has 0 aliphatic carbocycles. The van der Waals surface area contributed by atoms with Crippen LogP contribution in [0.15, 0.2) is 30.3 Å². The Morgan fingerprint density at radius 2 is 1.44 bits per heavy atom. The van der Waals surface area contributed by atoms with E-state index in [0.29, 0.717) is 0 Å². The summed E-state index contributed by atoms with van der Waals surface area (Å²) in [5, 5.41) is -0.303. The topological polar surface area (TPSA) is 0 Å². The highest BCUT2D eigenvalue weighted by Gasteiger charge is 2.62. The summed E-state index contributed by atoms with van der Waals surface area (Å²) in [6, 6.07) is 6.20. The lowest BCUT2D eigenvalue weighted by Crippen LogP contribution is -2.37. The van der Waals surface area contributed by atoms with Crippen LogP contribution in [0.1, 0.15) is 0 Å². The average molecular weight is 260 g/mol. The smallest absolute Gasteiger partial charge is 0.246 e. The van der Waals surface area contributed by atoms with Crippen LogP contribution in [0.4, 0.5) is 26.3 Å². The van der Waals surface area contributed by atoms with E-state index in [9.17, 15) is 26.3 Å². The van der Waals surface area contributed by atoms with Crippen molar-refractivity contribution in [1.82, 2.24) is 0 Å². The van der Waals surface area contributed by atoms with Gasteiger partial charge < -0.3 is 0 Å². The zero-order valence-electron chi connectivity index (χ0n) is 7.81. The van der Waals surface area contributed by atoms with E-state index in [4.69, 9.17) is 0 Å². The number of hydrogen-bond acceptors (Lipinski definition) is 0. The Morgan fingerprint density at radius 1 is 0.938 bits per heavy atom. The first-order chi connectivity index (χ1) is 7.30. The van der Waals surface area contributed by atoms with Gasteiger partial charge in [-0.15, -0.1) is 0 Å². The van der Waals surface area contributed by atoms with Gasteiger partial charge in [0, 0.05) is 7.92 Å². The van der Waals surface area contributed by atoms with Crippen LogP contribution in [0.3, 0.4) is 0 Å². The van der Waals surface area contributed by atoms with Gasteiger partial charge in [-0.1, -0.05) is 30.3 Å². The third-order valence-corrected chi connectivity index (χ3v) is 3.96. The summed E-state index contributed by atoms with van der Waals surface area (Å²) in [5.74, 6) is 0. The lowest BCUT2D eigenvalue weighted by molar-refractivity contribution is -0.240. The van der Waals surface area contributed by atoms with Crippen LogP contribution in [0, 0.1) is 0 Å². The summed E-state index contributed by atoms with van der Waals surface area (Å²) in [4.78, 5) is 0. The van der Waals surface area contributed by atoms with Crippen LogP contribution in [0.25, 0.3) is 0 Å². The Hall–Kier alpha value is -0.770. The van der Waals surface area contributed by atoms with Crippen molar-refractivity contribution in [3.63, 3.8) is 0 Å². The first kappa shape index (κ1) is 13.3. The van der Waals surface area contributed by atoms with Crippen LogP contribution in [-0.2, 0) is 0 Å². The van der Waals surface area contributed by atoms with E-state index in [1.54, 1.807) is 0 Å². The molecule has 1 aromatic rings. The largest absolute Gasteiger partial charge is 0.457 e. The fraction of sp³-hybridized carbons (Fsp3) is 0.333. The van der Waals surface area contributed by atoms with Gasteiger partial charge in [0.1, 0.15) is 6.42 Å². The maximum absolute atomic E-state index is 12.9. The van der Waals surface area contributed by atoms with Crippen molar-refractivity contribution in [1.29, 1.82) is 0 Å². The van der Waals surface area contributed by atoms with Gasteiger partial charge in [0.15, 0.2) is 0 Å². The van der Waals surface area contributed by atoms with Crippen molar-refractivity contribution < 1.29 is 26.3 Å². The van der Waals surface area contributed by atoms with Gasteiger partial charge in [0.25, 0.3) is 0 Å². The molecule has 0 aliphatic heterocycles. The van der Waals surface area contributed by atoms with Gasteiger partial charge in [-0.25, -0.2) is 4.39 Å². The molecule has 0 fully saturated rings. The number of rotatable bonds is 3. The predicted molar refractivity (Wildman–Crippen MR) is 50.0 cm³/mol. The highest BCUT2D eigenvalue weighted by molar-refractivity contribution is 7.66. The maximum atomic E-state index is 12.9. The molecule has 1 unspecified atom stereocenters. The zero-order valence-corrected chi connectivity index (χ0v) is 8.70. The zero-order chi connectivity index (χ0) is 12.4. The SMILES string of the molecule is FCP(c1ccccc1)C(F)(F)C(F)(F)F. The average Bonchev–Trinajstić information content (AvgIpc) is 2.18.